The highest BCUT2D eigenvalue weighted by Crippen LogP contribution is 2.29. The molecule has 2 aromatic heterocycles. The number of nitrogens with two attached hydrogens (primary N) is 2. The second kappa shape index (κ2) is 8.68. The van der Waals surface area contributed by atoms with Crippen LogP contribution in [-0.2, 0) is 4.74 Å². The molecule has 1 aliphatic rings. The Bertz CT molecular complexity index is 1290. The van der Waals surface area contributed by atoms with Gasteiger partial charge in [-0.15, -0.1) is 0 Å². The molecule has 0 spiro atoms. The van der Waals surface area contributed by atoms with Crippen LogP contribution in [0.2, 0.25) is 5.02 Å². The maximum atomic E-state index is 14.0. The lowest BCUT2D eigenvalue weighted by molar-refractivity contribution is 0.0343. The number of anilines is 3. The van der Waals surface area contributed by atoms with Crippen LogP contribution in [0.3, 0.4) is 0 Å². The van der Waals surface area contributed by atoms with E-state index in [9.17, 15) is 4.39 Å². The van der Waals surface area contributed by atoms with Crippen LogP contribution in [0.25, 0.3) is 22.5 Å². The Morgan fingerprint density at radius 2 is 1.85 bits per heavy atom. The van der Waals surface area contributed by atoms with Crippen LogP contribution in [0.15, 0.2) is 54.7 Å². The Hall–Kier alpha value is -3.69. The van der Waals surface area contributed by atoms with E-state index in [4.69, 9.17) is 27.8 Å². The molecule has 33 heavy (non-hydrogen) atoms. The SMILES string of the molecule is Nc1nc(-c2ccc(N)c(F)c2)cc(N2CCOC(c3ncc(-c4ccc(Cl)cc4)[nH]3)C2)n1. The van der Waals surface area contributed by atoms with Crippen LogP contribution in [0.5, 0.6) is 0 Å². The van der Waals surface area contributed by atoms with E-state index >= 15 is 0 Å². The average Bonchev–Trinajstić information content (AvgIpc) is 3.31. The highest BCUT2D eigenvalue weighted by molar-refractivity contribution is 6.30. The molecule has 1 unspecified atom stereocenters. The molecule has 2 aromatic carbocycles. The number of nitrogen functional groups attached to an aromatic ring is 2. The van der Waals surface area contributed by atoms with Gasteiger partial charge in [0.15, 0.2) is 0 Å². The lowest BCUT2D eigenvalue weighted by Gasteiger charge is -2.33. The van der Waals surface area contributed by atoms with Gasteiger partial charge in [0.25, 0.3) is 0 Å². The summed E-state index contributed by atoms with van der Waals surface area (Å²) < 4.78 is 19.9. The van der Waals surface area contributed by atoms with Crippen molar-refractivity contribution >= 4 is 29.1 Å². The first-order chi connectivity index (χ1) is 16.0. The molecule has 3 heterocycles. The zero-order valence-electron chi connectivity index (χ0n) is 17.5. The molecule has 168 valence electrons. The topological polar surface area (TPSA) is 119 Å². The number of ether oxygens (including phenoxy) is 1. The zero-order valence-corrected chi connectivity index (χ0v) is 18.3. The maximum Gasteiger partial charge on any atom is 0.222 e. The van der Waals surface area contributed by atoms with Crippen molar-refractivity contribution in [3.63, 3.8) is 0 Å². The molecule has 0 aliphatic carbocycles. The third-order valence-corrected chi connectivity index (χ3v) is 5.72. The van der Waals surface area contributed by atoms with Crippen molar-refractivity contribution in [2.75, 3.05) is 36.1 Å². The number of halogens is 2. The van der Waals surface area contributed by atoms with Crippen molar-refractivity contribution in [1.82, 2.24) is 19.9 Å². The quantitative estimate of drug-likeness (QED) is 0.388. The average molecular weight is 466 g/mol. The van der Waals surface area contributed by atoms with E-state index in [1.165, 1.54) is 12.1 Å². The summed E-state index contributed by atoms with van der Waals surface area (Å²) in [5, 5.41) is 0.676. The van der Waals surface area contributed by atoms with Crippen molar-refractivity contribution in [2.45, 2.75) is 6.10 Å². The summed E-state index contributed by atoms with van der Waals surface area (Å²) >= 11 is 5.98. The Morgan fingerprint density at radius 3 is 2.64 bits per heavy atom. The third kappa shape index (κ3) is 4.46. The van der Waals surface area contributed by atoms with E-state index < -0.39 is 5.82 Å². The molecule has 5 rings (SSSR count). The molecule has 0 saturated carbocycles. The van der Waals surface area contributed by atoms with Gasteiger partial charge in [-0.05, 0) is 29.8 Å². The molecular formula is C23H21ClFN7O. The minimum Gasteiger partial charge on any atom is -0.396 e. The van der Waals surface area contributed by atoms with Gasteiger partial charge in [-0.2, -0.15) is 4.98 Å². The molecule has 1 aliphatic heterocycles. The summed E-state index contributed by atoms with van der Waals surface area (Å²) in [7, 11) is 0. The fourth-order valence-electron chi connectivity index (χ4n) is 3.75. The second-order valence-electron chi connectivity index (χ2n) is 7.70. The number of nitrogens with zero attached hydrogens (tertiary/aromatic N) is 4. The molecule has 8 nitrogen and oxygen atoms in total. The van der Waals surface area contributed by atoms with Gasteiger partial charge >= 0.3 is 0 Å². The predicted octanol–water partition coefficient (Wildman–Crippen LogP) is 4.07. The first-order valence-electron chi connectivity index (χ1n) is 10.3. The van der Waals surface area contributed by atoms with Gasteiger partial charge in [0.2, 0.25) is 5.95 Å². The lowest BCUT2D eigenvalue weighted by Crippen LogP contribution is -2.39. The summed E-state index contributed by atoms with van der Waals surface area (Å²) in [5.41, 5.74) is 14.6. The Balaban J connectivity index is 1.38. The number of benzene rings is 2. The van der Waals surface area contributed by atoms with E-state index in [0.29, 0.717) is 47.6 Å². The number of rotatable bonds is 4. The van der Waals surface area contributed by atoms with Crippen molar-refractivity contribution in [3.8, 4) is 22.5 Å². The van der Waals surface area contributed by atoms with E-state index in [1.54, 1.807) is 18.3 Å². The van der Waals surface area contributed by atoms with Crippen molar-refractivity contribution in [3.05, 3.63) is 71.4 Å². The number of imidazole rings is 1. The molecule has 1 saturated heterocycles. The largest absolute Gasteiger partial charge is 0.396 e. The van der Waals surface area contributed by atoms with Crippen LogP contribution in [0, 0.1) is 5.82 Å². The van der Waals surface area contributed by atoms with Gasteiger partial charge in [0.05, 0.1) is 36.4 Å². The predicted molar refractivity (Wildman–Crippen MR) is 126 cm³/mol. The fourth-order valence-corrected chi connectivity index (χ4v) is 3.87. The normalized spacial score (nSPS) is 16.2. The molecule has 5 N–H and O–H groups in total. The van der Waals surface area contributed by atoms with Gasteiger partial charge in [0.1, 0.15) is 23.6 Å². The first kappa shape index (κ1) is 21.2. The monoisotopic (exact) mass is 465 g/mol. The minimum absolute atomic E-state index is 0.0773. The van der Waals surface area contributed by atoms with Gasteiger partial charge in [-0.1, -0.05) is 29.8 Å². The van der Waals surface area contributed by atoms with Gasteiger partial charge in [-0.25, -0.2) is 14.4 Å². The summed E-state index contributed by atoms with van der Waals surface area (Å²) in [4.78, 5) is 18.6. The summed E-state index contributed by atoms with van der Waals surface area (Å²) in [6.07, 6.45) is 1.49. The highest BCUT2D eigenvalue weighted by Gasteiger charge is 2.26. The number of aromatic nitrogens is 4. The molecule has 4 aromatic rings. The Labute approximate surface area is 194 Å². The third-order valence-electron chi connectivity index (χ3n) is 5.47. The van der Waals surface area contributed by atoms with E-state index in [2.05, 4.69) is 19.9 Å². The highest BCUT2D eigenvalue weighted by atomic mass is 35.5. The van der Waals surface area contributed by atoms with E-state index in [1.807, 2.05) is 29.2 Å². The smallest absolute Gasteiger partial charge is 0.222 e. The maximum absolute atomic E-state index is 14.0. The lowest BCUT2D eigenvalue weighted by atomic mass is 10.1. The summed E-state index contributed by atoms with van der Waals surface area (Å²) in [6, 6.07) is 13.9. The van der Waals surface area contributed by atoms with Crippen LogP contribution in [-0.4, -0.2) is 39.6 Å². The number of nitrogens with one attached hydrogen (secondary N) is 1. The van der Waals surface area contributed by atoms with Crippen LogP contribution >= 0.6 is 11.6 Å². The standard InChI is InChI=1S/C23H21ClFN7O/c24-15-4-1-13(2-5-15)19-11-28-22(29-19)20-12-32(7-8-33-20)21-10-18(30-23(27)31-21)14-3-6-17(26)16(25)9-14/h1-6,9-11,20H,7-8,12,26H2,(H,28,29)(H2,27,30,31). The summed E-state index contributed by atoms with van der Waals surface area (Å²) in [5.74, 6) is 0.942. The van der Waals surface area contributed by atoms with Crippen LogP contribution in [0.1, 0.15) is 11.9 Å². The summed E-state index contributed by atoms with van der Waals surface area (Å²) in [6.45, 7) is 1.62. The number of hydrogen-bond donors (Lipinski definition) is 3. The van der Waals surface area contributed by atoms with E-state index in [-0.39, 0.29) is 17.7 Å². The molecule has 0 bridgehead atoms. The molecule has 10 heteroatoms. The number of aromatic amines is 1. The van der Waals surface area contributed by atoms with Gasteiger partial charge in [0, 0.05) is 23.2 Å². The Kier molecular flexibility index (Phi) is 5.57. The fraction of sp³-hybridized carbons (Fsp3) is 0.174. The minimum atomic E-state index is -0.507. The first-order valence-corrected chi connectivity index (χ1v) is 10.7. The van der Waals surface area contributed by atoms with Crippen molar-refractivity contribution in [2.24, 2.45) is 0 Å². The zero-order chi connectivity index (χ0) is 22.9. The molecule has 0 amide bonds. The second-order valence-corrected chi connectivity index (χ2v) is 8.14. The molecule has 1 atom stereocenters. The van der Waals surface area contributed by atoms with Gasteiger partial charge < -0.3 is 26.1 Å². The molecule has 0 radical (unpaired) electrons. The van der Waals surface area contributed by atoms with Gasteiger partial charge in [-0.3, -0.25) is 0 Å². The number of hydrogen-bond acceptors (Lipinski definition) is 7. The van der Waals surface area contributed by atoms with Crippen LogP contribution in [0.4, 0.5) is 21.8 Å². The molecule has 1 fully saturated rings. The Morgan fingerprint density at radius 1 is 1.06 bits per heavy atom. The van der Waals surface area contributed by atoms with Crippen molar-refractivity contribution < 1.29 is 9.13 Å². The number of H-pyrrole nitrogens is 1. The molecular weight excluding hydrogens is 445 g/mol. The number of morpholine rings is 1. The van der Waals surface area contributed by atoms with Crippen LogP contribution < -0.4 is 16.4 Å². The van der Waals surface area contributed by atoms with Crippen molar-refractivity contribution in [1.29, 1.82) is 0 Å². The van der Waals surface area contributed by atoms with E-state index in [0.717, 1.165) is 11.3 Å².